The summed E-state index contributed by atoms with van der Waals surface area (Å²) in [6.45, 7) is 12.2. The monoisotopic (exact) mass is 168 g/mol. The molecule has 1 aliphatic carbocycles. The molecule has 4 atom stereocenters. The molecule has 12 heavy (non-hydrogen) atoms. The van der Waals surface area contributed by atoms with Gasteiger partial charge in [-0.15, -0.1) is 0 Å². The summed E-state index contributed by atoms with van der Waals surface area (Å²) in [4.78, 5) is 0. The van der Waals surface area contributed by atoms with Crippen molar-refractivity contribution in [2.24, 2.45) is 29.6 Å². The fourth-order valence-electron chi connectivity index (χ4n) is 2.57. The van der Waals surface area contributed by atoms with E-state index in [2.05, 4.69) is 34.6 Å². The van der Waals surface area contributed by atoms with Crippen LogP contribution in [0.25, 0.3) is 0 Å². The van der Waals surface area contributed by atoms with Gasteiger partial charge in [0.05, 0.1) is 0 Å². The molecule has 0 N–H and O–H groups in total. The van der Waals surface area contributed by atoms with Crippen molar-refractivity contribution in [3.63, 3.8) is 0 Å². The standard InChI is InChI=1S/C12H24/c1-8-6-7-9(2)11(4)12(5)10(8)3/h8-12H,6-7H2,1-5H3. The molecule has 0 radical (unpaired) electrons. The summed E-state index contributed by atoms with van der Waals surface area (Å²) in [5, 5.41) is 0. The van der Waals surface area contributed by atoms with E-state index >= 15 is 0 Å². The Morgan fingerprint density at radius 3 is 1.25 bits per heavy atom. The highest BCUT2D eigenvalue weighted by atomic mass is 14.4. The Morgan fingerprint density at radius 2 is 0.917 bits per heavy atom. The third kappa shape index (κ3) is 1.84. The van der Waals surface area contributed by atoms with E-state index in [1.165, 1.54) is 12.8 Å². The third-order valence-corrected chi connectivity index (χ3v) is 4.53. The Bertz CT molecular complexity index is 123. The molecule has 0 spiro atoms. The van der Waals surface area contributed by atoms with Gasteiger partial charge in [0.1, 0.15) is 0 Å². The Morgan fingerprint density at radius 1 is 0.583 bits per heavy atom. The van der Waals surface area contributed by atoms with E-state index < -0.39 is 0 Å². The molecule has 1 fully saturated rings. The van der Waals surface area contributed by atoms with Crippen LogP contribution in [0.2, 0.25) is 0 Å². The Hall–Kier alpha value is 0. The van der Waals surface area contributed by atoms with Crippen molar-refractivity contribution in [2.45, 2.75) is 47.5 Å². The van der Waals surface area contributed by atoms with Crippen molar-refractivity contribution in [1.82, 2.24) is 0 Å². The van der Waals surface area contributed by atoms with Crippen molar-refractivity contribution in [3.8, 4) is 0 Å². The zero-order valence-electron chi connectivity index (χ0n) is 9.30. The summed E-state index contributed by atoms with van der Waals surface area (Å²) in [7, 11) is 0. The first-order valence-electron chi connectivity index (χ1n) is 5.54. The minimum atomic E-state index is 0.914. The fraction of sp³-hybridized carbons (Fsp3) is 1.00. The van der Waals surface area contributed by atoms with Gasteiger partial charge in [0.15, 0.2) is 0 Å². The van der Waals surface area contributed by atoms with Crippen molar-refractivity contribution >= 4 is 0 Å². The largest absolute Gasteiger partial charge is 0.0622 e. The van der Waals surface area contributed by atoms with Crippen LogP contribution in [0.15, 0.2) is 0 Å². The van der Waals surface area contributed by atoms with Gasteiger partial charge in [-0.2, -0.15) is 0 Å². The van der Waals surface area contributed by atoms with E-state index in [9.17, 15) is 0 Å². The van der Waals surface area contributed by atoms with Crippen LogP contribution in [0, 0.1) is 29.6 Å². The Labute approximate surface area is 77.7 Å². The fourth-order valence-corrected chi connectivity index (χ4v) is 2.57. The highest BCUT2D eigenvalue weighted by molar-refractivity contribution is 4.80. The lowest BCUT2D eigenvalue weighted by molar-refractivity contribution is 0.209. The Balaban J connectivity index is 2.68. The average molecular weight is 168 g/mol. The first kappa shape index (κ1) is 10.1. The van der Waals surface area contributed by atoms with E-state index in [0.717, 1.165) is 29.6 Å². The maximum atomic E-state index is 2.44. The van der Waals surface area contributed by atoms with Crippen LogP contribution in [-0.4, -0.2) is 0 Å². The number of rotatable bonds is 0. The zero-order valence-corrected chi connectivity index (χ0v) is 9.30. The molecule has 4 unspecified atom stereocenters. The second kappa shape index (κ2) is 3.81. The highest BCUT2D eigenvalue weighted by Crippen LogP contribution is 2.38. The molecular weight excluding hydrogens is 144 g/mol. The van der Waals surface area contributed by atoms with Crippen molar-refractivity contribution < 1.29 is 0 Å². The number of hydrogen-bond acceptors (Lipinski definition) is 0. The SMILES string of the molecule is CC1CCC(C)C(C)C(C)C1C. The van der Waals surface area contributed by atoms with Crippen LogP contribution in [0.3, 0.4) is 0 Å². The lowest BCUT2D eigenvalue weighted by Gasteiger charge is -2.28. The molecular formula is C12H24. The summed E-state index contributed by atoms with van der Waals surface area (Å²) >= 11 is 0. The van der Waals surface area contributed by atoms with Crippen LogP contribution in [0.4, 0.5) is 0 Å². The van der Waals surface area contributed by atoms with Gasteiger partial charge in [-0.1, -0.05) is 47.5 Å². The van der Waals surface area contributed by atoms with Crippen LogP contribution in [0.1, 0.15) is 47.5 Å². The van der Waals surface area contributed by atoms with Gasteiger partial charge in [0.2, 0.25) is 0 Å². The summed E-state index contributed by atoms with van der Waals surface area (Å²) in [5.41, 5.74) is 0. The molecule has 0 amide bonds. The summed E-state index contributed by atoms with van der Waals surface area (Å²) < 4.78 is 0. The van der Waals surface area contributed by atoms with E-state index in [4.69, 9.17) is 0 Å². The molecule has 0 nitrogen and oxygen atoms in total. The van der Waals surface area contributed by atoms with E-state index in [0.29, 0.717) is 0 Å². The molecule has 0 aromatic carbocycles. The van der Waals surface area contributed by atoms with Crippen molar-refractivity contribution in [2.75, 3.05) is 0 Å². The minimum absolute atomic E-state index is 0.914. The maximum Gasteiger partial charge on any atom is -0.0386 e. The first-order valence-corrected chi connectivity index (χ1v) is 5.54. The van der Waals surface area contributed by atoms with Gasteiger partial charge in [-0.05, 0) is 29.6 Å². The maximum absolute atomic E-state index is 2.44. The van der Waals surface area contributed by atoms with Crippen molar-refractivity contribution in [1.29, 1.82) is 0 Å². The molecule has 72 valence electrons. The van der Waals surface area contributed by atoms with Gasteiger partial charge in [0.25, 0.3) is 0 Å². The predicted octanol–water partition coefficient (Wildman–Crippen LogP) is 3.96. The molecule has 1 rings (SSSR count). The zero-order chi connectivity index (χ0) is 9.30. The third-order valence-electron chi connectivity index (χ3n) is 4.53. The topological polar surface area (TPSA) is 0 Å². The Kier molecular flexibility index (Phi) is 3.20. The highest BCUT2D eigenvalue weighted by Gasteiger charge is 2.30. The quantitative estimate of drug-likeness (QED) is 0.480. The molecule has 0 aliphatic heterocycles. The van der Waals surface area contributed by atoms with Gasteiger partial charge < -0.3 is 0 Å². The molecule has 0 heterocycles. The van der Waals surface area contributed by atoms with Crippen LogP contribution >= 0.6 is 0 Å². The second-order valence-electron chi connectivity index (χ2n) is 5.11. The summed E-state index contributed by atoms with van der Waals surface area (Å²) in [6.07, 6.45) is 2.88. The van der Waals surface area contributed by atoms with Crippen LogP contribution in [0.5, 0.6) is 0 Å². The van der Waals surface area contributed by atoms with Crippen molar-refractivity contribution in [3.05, 3.63) is 0 Å². The van der Waals surface area contributed by atoms with Gasteiger partial charge in [0, 0.05) is 0 Å². The molecule has 0 aromatic rings. The van der Waals surface area contributed by atoms with E-state index in [1.807, 2.05) is 0 Å². The average Bonchev–Trinajstić information content (AvgIpc) is 2.14. The normalized spacial score (nSPS) is 50.2. The minimum Gasteiger partial charge on any atom is -0.0622 e. The van der Waals surface area contributed by atoms with Gasteiger partial charge in [-0.3, -0.25) is 0 Å². The smallest absolute Gasteiger partial charge is 0.0386 e. The first-order chi connectivity index (χ1) is 5.54. The molecule has 1 saturated carbocycles. The van der Waals surface area contributed by atoms with E-state index in [-0.39, 0.29) is 0 Å². The predicted molar refractivity (Wildman–Crippen MR) is 55.1 cm³/mol. The summed E-state index contributed by atoms with van der Waals surface area (Å²) in [6, 6.07) is 0. The van der Waals surface area contributed by atoms with E-state index in [1.54, 1.807) is 0 Å². The second-order valence-corrected chi connectivity index (χ2v) is 5.11. The molecule has 0 saturated heterocycles. The summed E-state index contributed by atoms with van der Waals surface area (Å²) in [5.74, 6) is 4.63. The molecule has 1 aliphatic rings. The van der Waals surface area contributed by atoms with Crippen LogP contribution in [-0.2, 0) is 0 Å². The van der Waals surface area contributed by atoms with Gasteiger partial charge in [-0.25, -0.2) is 0 Å². The van der Waals surface area contributed by atoms with Gasteiger partial charge >= 0.3 is 0 Å². The number of hydrogen-bond donors (Lipinski definition) is 0. The molecule has 0 heteroatoms. The lowest BCUT2D eigenvalue weighted by atomic mass is 9.77. The van der Waals surface area contributed by atoms with Crippen LogP contribution < -0.4 is 0 Å². The molecule has 0 aromatic heterocycles. The lowest BCUT2D eigenvalue weighted by Crippen LogP contribution is -2.21. The molecule has 0 bridgehead atoms.